The highest BCUT2D eigenvalue weighted by atomic mass is 32.2. The number of anilines is 3. The highest BCUT2D eigenvalue weighted by Crippen LogP contribution is 2.25. The number of hydrogen-bond donors (Lipinski definition) is 3. The van der Waals surface area contributed by atoms with E-state index in [2.05, 4.69) is 15.6 Å². The van der Waals surface area contributed by atoms with Gasteiger partial charge in [-0.1, -0.05) is 36.0 Å². The monoisotopic (exact) mass is 421 g/mol. The van der Waals surface area contributed by atoms with Crippen LogP contribution in [-0.2, 0) is 4.79 Å². The molecule has 0 saturated carbocycles. The number of carbonyl (C=O) groups excluding carboxylic acids is 2. The summed E-state index contributed by atoms with van der Waals surface area (Å²) in [6.07, 6.45) is 0. The first-order valence-electron chi connectivity index (χ1n) is 8.71. The van der Waals surface area contributed by atoms with Crippen LogP contribution < -0.4 is 16.4 Å². The molecule has 1 heterocycles. The fourth-order valence-corrected chi connectivity index (χ4v) is 3.26. The van der Waals surface area contributed by atoms with E-state index < -0.39 is 17.6 Å². The molecule has 0 aliphatic carbocycles. The molecule has 0 radical (unpaired) electrons. The van der Waals surface area contributed by atoms with E-state index in [-0.39, 0.29) is 27.7 Å². The number of halogens is 1. The van der Waals surface area contributed by atoms with Crippen LogP contribution in [0.1, 0.15) is 15.9 Å². The number of para-hydroxylation sites is 1. The van der Waals surface area contributed by atoms with Gasteiger partial charge in [-0.05, 0) is 36.4 Å². The second-order valence-electron chi connectivity index (χ2n) is 6.05. The summed E-state index contributed by atoms with van der Waals surface area (Å²) in [7, 11) is 0. The Bertz CT molecular complexity index is 1130. The quantitative estimate of drug-likeness (QED) is 0.522. The molecule has 2 amide bonds. The minimum Gasteiger partial charge on any atom is -0.383 e. The number of nitriles is 1. The lowest BCUT2D eigenvalue weighted by Gasteiger charge is -2.10. The Labute approximate surface area is 176 Å². The Morgan fingerprint density at radius 1 is 1.07 bits per heavy atom. The molecule has 7 nitrogen and oxygen atoms in total. The largest absolute Gasteiger partial charge is 0.383 e. The lowest BCUT2D eigenvalue weighted by molar-refractivity contribution is -0.113. The summed E-state index contributed by atoms with van der Waals surface area (Å²) >= 11 is 0.991. The first-order valence-corrected chi connectivity index (χ1v) is 9.70. The molecule has 0 unspecified atom stereocenters. The lowest BCUT2D eigenvalue weighted by Crippen LogP contribution is -2.17. The molecule has 1 aromatic heterocycles. The van der Waals surface area contributed by atoms with Crippen LogP contribution in [0.2, 0.25) is 0 Å². The number of rotatable bonds is 6. The van der Waals surface area contributed by atoms with E-state index in [0.717, 1.165) is 11.8 Å². The first kappa shape index (κ1) is 20.8. The summed E-state index contributed by atoms with van der Waals surface area (Å²) in [6.45, 7) is 0. The average molecular weight is 421 g/mol. The van der Waals surface area contributed by atoms with Crippen LogP contribution in [0.15, 0.2) is 65.7 Å². The molecule has 0 bridgehead atoms. The SMILES string of the molecule is N#Cc1cc(C(=O)Nc2ccccc2)c(N)nc1SCC(=O)Nc1cccc(F)c1. The van der Waals surface area contributed by atoms with Gasteiger partial charge in [0.2, 0.25) is 5.91 Å². The Morgan fingerprint density at radius 2 is 1.80 bits per heavy atom. The molecule has 4 N–H and O–H groups in total. The van der Waals surface area contributed by atoms with Gasteiger partial charge in [0.25, 0.3) is 5.91 Å². The van der Waals surface area contributed by atoms with Gasteiger partial charge >= 0.3 is 0 Å². The van der Waals surface area contributed by atoms with Crippen molar-refractivity contribution < 1.29 is 14.0 Å². The van der Waals surface area contributed by atoms with Crippen molar-refractivity contribution in [2.75, 3.05) is 22.1 Å². The van der Waals surface area contributed by atoms with Crippen molar-refractivity contribution in [2.24, 2.45) is 0 Å². The number of carbonyl (C=O) groups is 2. The molecule has 2 aromatic carbocycles. The summed E-state index contributed by atoms with van der Waals surface area (Å²) in [5.74, 6) is -1.50. The van der Waals surface area contributed by atoms with Crippen LogP contribution in [0.3, 0.4) is 0 Å². The van der Waals surface area contributed by atoms with E-state index >= 15 is 0 Å². The summed E-state index contributed by atoms with van der Waals surface area (Å²) < 4.78 is 13.2. The van der Waals surface area contributed by atoms with Crippen LogP contribution in [-0.4, -0.2) is 22.6 Å². The third-order valence-corrected chi connectivity index (χ3v) is 4.85. The van der Waals surface area contributed by atoms with E-state index in [1.807, 2.05) is 12.1 Å². The molecule has 0 atom stereocenters. The number of amides is 2. The fraction of sp³-hybridized carbons (Fsp3) is 0.0476. The Morgan fingerprint density at radius 3 is 2.50 bits per heavy atom. The minimum absolute atomic E-state index is 0.0592. The van der Waals surface area contributed by atoms with E-state index in [9.17, 15) is 19.2 Å². The number of hydrogen-bond acceptors (Lipinski definition) is 6. The number of nitrogens with two attached hydrogens (primary N) is 1. The molecular weight excluding hydrogens is 405 g/mol. The van der Waals surface area contributed by atoms with Crippen molar-refractivity contribution in [3.63, 3.8) is 0 Å². The number of nitrogen functional groups attached to an aromatic ring is 1. The van der Waals surface area contributed by atoms with Crippen molar-refractivity contribution in [1.29, 1.82) is 5.26 Å². The van der Waals surface area contributed by atoms with Crippen LogP contribution in [0.5, 0.6) is 0 Å². The zero-order valence-electron chi connectivity index (χ0n) is 15.6. The van der Waals surface area contributed by atoms with Gasteiger partial charge in [0.15, 0.2) is 0 Å². The fourth-order valence-electron chi connectivity index (χ4n) is 2.50. The molecule has 30 heavy (non-hydrogen) atoms. The molecule has 0 aliphatic rings. The second-order valence-corrected chi connectivity index (χ2v) is 7.02. The van der Waals surface area contributed by atoms with E-state index in [1.165, 1.54) is 24.3 Å². The highest BCUT2D eigenvalue weighted by molar-refractivity contribution is 8.00. The van der Waals surface area contributed by atoms with Gasteiger partial charge in [-0.15, -0.1) is 0 Å². The maximum atomic E-state index is 13.2. The molecule has 150 valence electrons. The van der Waals surface area contributed by atoms with Gasteiger partial charge in [0, 0.05) is 11.4 Å². The van der Waals surface area contributed by atoms with Gasteiger partial charge in [0.1, 0.15) is 22.7 Å². The van der Waals surface area contributed by atoms with Gasteiger partial charge < -0.3 is 16.4 Å². The summed E-state index contributed by atoms with van der Waals surface area (Å²) in [4.78, 5) is 28.7. The van der Waals surface area contributed by atoms with Crippen molar-refractivity contribution in [3.05, 3.63) is 77.6 Å². The second kappa shape index (κ2) is 9.54. The summed E-state index contributed by atoms with van der Waals surface area (Å²) in [5.41, 5.74) is 6.98. The topological polar surface area (TPSA) is 121 Å². The maximum absolute atomic E-state index is 13.2. The standard InChI is InChI=1S/C21H16FN5O2S/c22-14-5-4-8-16(10-14)25-18(28)12-30-21-13(11-23)9-17(19(24)27-21)20(29)26-15-6-2-1-3-7-15/h1-10H,12H2,(H2,24,27)(H,25,28)(H,26,29). The van der Waals surface area contributed by atoms with Gasteiger partial charge in [0.05, 0.1) is 16.9 Å². The zero-order chi connectivity index (χ0) is 21.5. The number of nitrogens with one attached hydrogen (secondary N) is 2. The average Bonchev–Trinajstić information content (AvgIpc) is 2.73. The van der Waals surface area contributed by atoms with Crippen LogP contribution in [0.4, 0.5) is 21.6 Å². The molecule has 0 saturated heterocycles. The highest BCUT2D eigenvalue weighted by Gasteiger charge is 2.17. The van der Waals surface area contributed by atoms with Crippen molar-refractivity contribution in [2.45, 2.75) is 5.03 Å². The predicted octanol–water partition coefficient (Wildman–Crippen LogP) is 3.66. The van der Waals surface area contributed by atoms with E-state index in [0.29, 0.717) is 11.4 Å². The Hall–Kier alpha value is -3.90. The summed E-state index contributed by atoms with van der Waals surface area (Å²) in [6, 6.07) is 17.6. The molecular formula is C21H16FN5O2S. The number of pyridine rings is 1. The van der Waals surface area contributed by atoms with Crippen LogP contribution in [0.25, 0.3) is 0 Å². The molecule has 3 rings (SSSR count). The van der Waals surface area contributed by atoms with Crippen LogP contribution in [0, 0.1) is 17.1 Å². The van der Waals surface area contributed by atoms with E-state index in [4.69, 9.17) is 5.73 Å². The molecule has 0 spiro atoms. The minimum atomic E-state index is -0.497. The van der Waals surface area contributed by atoms with Gasteiger partial charge in [-0.25, -0.2) is 9.37 Å². The lowest BCUT2D eigenvalue weighted by atomic mass is 10.2. The number of nitrogens with zero attached hydrogens (tertiary/aromatic N) is 2. The van der Waals surface area contributed by atoms with Gasteiger partial charge in [-0.2, -0.15) is 5.26 Å². The predicted molar refractivity (Wildman–Crippen MR) is 114 cm³/mol. The molecule has 0 fully saturated rings. The number of aromatic nitrogens is 1. The zero-order valence-corrected chi connectivity index (χ0v) is 16.4. The third-order valence-electron chi connectivity index (χ3n) is 3.86. The van der Waals surface area contributed by atoms with Crippen LogP contribution >= 0.6 is 11.8 Å². The first-order chi connectivity index (χ1) is 14.5. The smallest absolute Gasteiger partial charge is 0.259 e. The number of thioether (sulfide) groups is 1. The van der Waals surface area contributed by atoms with Gasteiger partial charge in [-0.3, -0.25) is 9.59 Å². The van der Waals surface area contributed by atoms with Crippen molar-refractivity contribution >= 4 is 40.8 Å². The third kappa shape index (κ3) is 5.33. The Kier molecular flexibility index (Phi) is 6.62. The maximum Gasteiger partial charge on any atom is 0.259 e. The normalized spacial score (nSPS) is 10.1. The Balaban J connectivity index is 1.70. The van der Waals surface area contributed by atoms with E-state index in [1.54, 1.807) is 30.3 Å². The summed E-state index contributed by atoms with van der Waals surface area (Å²) in [5, 5.41) is 14.9. The van der Waals surface area contributed by atoms with Crippen molar-refractivity contribution in [1.82, 2.24) is 4.98 Å². The molecule has 0 aliphatic heterocycles. The molecule has 9 heteroatoms. The molecule has 3 aromatic rings. The number of benzene rings is 2. The van der Waals surface area contributed by atoms with Crippen molar-refractivity contribution in [3.8, 4) is 6.07 Å².